The molecule has 0 aromatic carbocycles. The lowest BCUT2D eigenvalue weighted by molar-refractivity contribution is 0.178. The third kappa shape index (κ3) is 2.74. The number of carbonyl (C=O) groups excluding carboxylic acids is 1. The summed E-state index contributed by atoms with van der Waals surface area (Å²) in [5, 5.41) is 12.2. The fourth-order valence-electron chi connectivity index (χ4n) is 3.97. The Labute approximate surface area is 158 Å². The van der Waals surface area contributed by atoms with Crippen LogP contribution in [-0.2, 0) is 6.42 Å². The monoisotopic (exact) mass is 382 g/mol. The standard InChI is InChI=1S/C18H15FN6OS/c19-15-13-9-11-1-2-14(12(13)5-8-21-15)25(11)18(26)22-17-24-23-16(27-17)10-3-6-20-7-4-10/h3-8,11,14H,1-2,9H2,(H,22,24,26). The predicted octanol–water partition coefficient (Wildman–Crippen LogP) is 3.43. The molecule has 7 nitrogen and oxygen atoms in total. The van der Waals surface area contributed by atoms with Gasteiger partial charge in [0.25, 0.3) is 0 Å². The minimum Gasteiger partial charge on any atom is -0.314 e. The Balaban J connectivity index is 1.37. The maximum Gasteiger partial charge on any atom is 0.324 e. The molecule has 2 unspecified atom stereocenters. The Kier molecular flexibility index (Phi) is 3.82. The molecule has 5 heterocycles. The van der Waals surface area contributed by atoms with Crippen molar-refractivity contribution in [3.8, 4) is 10.6 Å². The quantitative estimate of drug-likeness (QED) is 0.687. The second-order valence-corrected chi connectivity index (χ2v) is 7.58. The van der Waals surface area contributed by atoms with E-state index in [2.05, 4.69) is 25.5 Å². The number of hydrogen-bond donors (Lipinski definition) is 1. The average molecular weight is 382 g/mol. The van der Waals surface area contributed by atoms with E-state index >= 15 is 0 Å². The van der Waals surface area contributed by atoms with Crippen molar-refractivity contribution in [3.05, 3.63) is 53.9 Å². The molecule has 0 saturated carbocycles. The van der Waals surface area contributed by atoms with E-state index in [-0.39, 0.29) is 18.1 Å². The van der Waals surface area contributed by atoms with Crippen LogP contribution in [0.3, 0.4) is 0 Å². The summed E-state index contributed by atoms with van der Waals surface area (Å²) in [4.78, 5) is 22.5. The van der Waals surface area contributed by atoms with Gasteiger partial charge in [0.15, 0.2) is 0 Å². The number of anilines is 1. The van der Waals surface area contributed by atoms with Crippen LogP contribution in [0.4, 0.5) is 14.3 Å². The molecule has 1 saturated heterocycles. The van der Waals surface area contributed by atoms with Crippen molar-refractivity contribution >= 4 is 22.5 Å². The summed E-state index contributed by atoms with van der Waals surface area (Å²) < 4.78 is 14.0. The largest absolute Gasteiger partial charge is 0.324 e. The van der Waals surface area contributed by atoms with Crippen LogP contribution in [0, 0.1) is 5.95 Å². The first kappa shape index (κ1) is 16.2. The first-order valence-electron chi connectivity index (χ1n) is 8.67. The molecular formula is C18H15FN6OS. The number of hydrogen-bond acceptors (Lipinski definition) is 6. The molecule has 2 aliphatic rings. The molecule has 0 spiro atoms. The van der Waals surface area contributed by atoms with Gasteiger partial charge in [-0.25, -0.2) is 9.78 Å². The van der Waals surface area contributed by atoms with Crippen LogP contribution >= 0.6 is 11.3 Å². The Morgan fingerprint density at radius 2 is 2.04 bits per heavy atom. The maximum absolute atomic E-state index is 14.0. The van der Waals surface area contributed by atoms with Crippen molar-refractivity contribution in [2.24, 2.45) is 0 Å². The van der Waals surface area contributed by atoms with Crippen LogP contribution in [0.5, 0.6) is 0 Å². The van der Waals surface area contributed by atoms with Crippen LogP contribution in [-0.4, -0.2) is 37.1 Å². The van der Waals surface area contributed by atoms with Gasteiger partial charge in [0.05, 0.1) is 6.04 Å². The smallest absolute Gasteiger partial charge is 0.314 e. The summed E-state index contributed by atoms with van der Waals surface area (Å²) in [5.41, 5.74) is 2.41. The summed E-state index contributed by atoms with van der Waals surface area (Å²) in [6.45, 7) is 0. The number of fused-ring (bicyclic) bond motifs is 4. The second-order valence-electron chi connectivity index (χ2n) is 6.61. The summed E-state index contributed by atoms with van der Waals surface area (Å²) >= 11 is 1.31. The van der Waals surface area contributed by atoms with Crippen molar-refractivity contribution < 1.29 is 9.18 Å². The van der Waals surface area contributed by atoms with Crippen LogP contribution in [0.25, 0.3) is 10.6 Å². The molecule has 2 aliphatic heterocycles. The number of rotatable bonds is 2. The highest BCUT2D eigenvalue weighted by Gasteiger charge is 2.43. The van der Waals surface area contributed by atoms with Gasteiger partial charge in [-0.1, -0.05) is 11.3 Å². The van der Waals surface area contributed by atoms with Gasteiger partial charge in [0, 0.05) is 35.8 Å². The zero-order valence-electron chi connectivity index (χ0n) is 14.2. The van der Waals surface area contributed by atoms with Crippen molar-refractivity contribution in [2.75, 3.05) is 5.32 Å². The van der Waals surface area contributed by atoms with Crippen molar-refractivity contribution in [2.45, 2.75) is 31.3 Å². The SMILES string of the molecule is O=C(Nc1nnc(-c2ccncc2)s1)N1C2CCC1c1ccnc(F)c1C2. The fraction of sp³-hybridized carbons (Fsp3) is 0.278. The first-order valence-corrected chi connectivity index (χ1v) is 9.49. The summed E-state index contributed by atoms with van der Waals surface area (Å²) in [6.07, 6.45) is 7.02. The number of urea groups is 1. The van der Waals surface area contributed by atoms with Gasteiger partial charge in [0.1, 0.15) is 5.01 Å². The molecule has 2 atom stereocenters. The molecule has 5 rings (SSSR count). The number of carbonyl (C=O) groups is 1. The van der Waals surface area contributed by atoms with E-state index in [1.165, 1.54) is 17.5 Å². The highest BCUT2D eigenvalue weighted by Crippen LogP contribution is 2.44. The van der Waals surface area contributed by atoms with Crippen LogP contribution in [0.15, 0.2) is 36.8 Å². The molecule has 27 heavy (non-hydrogen) atoms. The van der Waals surface area contributed by atoms with Crippen molar-refractivity contribution in [1.82, 2.24) is 25.1 Å². The lowest BCUT2D eigenvalue weighted by Crippen LogP contribution is -2.44. The number of halogens is 1. The van der Waals surface area contributed by atoms with E-state index in [0.717, 1.165) is 24.0 Å². The third-order valence-corrected chi connectivity index (χ3v) is 6.03. The van der Waals surface area contributed by atoms with E-state index in [9.17, 15) is 9.18 Å². The van der Waals surface area contributed by atoms with Crippen LogP contribution < -0.4 is 5.32 Å². The lowest BCUT2D eigenvalue weighted by atomic mass is 9.95. The molecule has 3 aromatic heterocycles. The summed E-state index contributed by atoms with van der Waals surface area (Å²) in [5.74, 6) is -0.421. The highest BCUT2D eigenvalue weighted by atomic mass is 32.1. The minimum atomic E-state index is -0.421. The van der Waals surface area contributed by atoms with Gasteiger partial charge in [0.2, 0.25) is 11.1 Å². The van der Waals surface area contributed by atoms with E-state index < -0.39 is 5.95 Å². The summed E-state index contributed by atoms with van der Waals surface area (Å²) in [7, 11) is 0. The number of amides is 2. The molecule has 136 valence electrons. The zero-order valence-corrected chi connectivity index (χ0v) is 15.0. The normalized spacial score (nSPS) is 20.4. The van der Waals surface area contributed by atoms with Gasteiger partial charge in [-0.2, -0.15) is 4.39 Å². The third-order valence-electron chi connectivity index (χ3n) is 5.14. The predicted molar refractivity (Wildman–Crippen MR) is 97.7 cm³/mol. The highest BCUT2D eigenvalue weighted by molar-refractivity contribution is 7.18. The van der Waals surface area contributed by atoms with E-state index in [4.69, 9.17) is 0 Å². The van der Waals surface area contributed by atoms with Gasteiger partial charge in [-0.15, -0.1) is 10.2 Å². The molecule has 2 amide bonds. The fourth-order valence-corrected chi connectivity index (χ4v) is 4.71. The van der Waals surface area contributed by atoms with E-state index in [1.54, 1.807) is 12.4 Å². The van der Waals surface area contributed by atoms with Crippen LogP contribution in [0.1, 0.15) is 30.0 Å². The Hall–Kier alpha value is -2.94. The van der Waals surface area contributed by atoms with Gasteiger partial charge < -0.3 is 4.90 Å². The Morgan fingerprint density at radius 1 is 1.19 bits per heavy atom. The molecule has 0 radical (unpaired) electrons. The van der Waals surface area contributed by atoms with Crippen molar-refractivity contribution in [3.63, 3.8) is 0 Å². The van der Waals surface area contributed by atoms with E-state index in [0.29, 0.717) is 22.1 Å². The lowest BCUT2D eigenvalue weighted by Gasteiger charge is -2.35. The second kappa shape index (κ2) is 6.34. The number of nitrogens with one attached hydrogen (secondary N) is 1. The number of nitrogens with zero attached hydrogens (tertiary/aromatic N) is 5. The average Bonchev–Trinajstić information content (AvgIpc) is 3.27. The molecule has 2 bridgehead atoms. The maximum atomic E-state index is 14.0. The van der Waals surface area contributed by atoms with Crippen LogP contribution in [0.2, 0.25) is 0 Å². The zero-order chi connectivity index (χ0) is 18.4. The molecule has 0 aliphatic carbocycles. The van der Waals surface area contributed by atoms with Gasteiger partial charge >= 0.3 is 6.03 Å². The Bertz CT molecular complexity index is 1010. The number of pyridine rings is 2. The molecule has 3 aromatic rings. The molecule has 9 heteroatoms. The molecule has 1 N–H and O–H groups in total. The molecule has 1 fully saturated rings. The number of aromatic nitrogens is 4. The topological polar surface area (TPSA) is 83.9 Å². The molecular weight excluding hydrogens is 367 g/mol. The van der Waals surface area contributed by atoms with Gasteiger partial charge in [-0.05, 0) is 43.0 Å². The Morgan fingerprint density at radius 3 is 2.89 bits per heavy atom. The minimum absolute atomic E-state index is 0.0196. The van der Waals surface area contributed by atoms with Crippen molar-refractivity contribution in [1.29, 1.82) is 0 Å². The first-order chi connectivity index (χ1) is 13.2. The summed E-state index contributed by atoms with van der Waals surface area (Å²) in [6, 6.07) is 5.14. The van der Waals surface area contributed by atoms with Gasteiger partial charge in [-0.3, -0.25) is 10.3 Å². The van der Waals surface area contributed by atoms with E-state index in [1.807, 2.05) is 23.1 Å².